The van der Waals surface area contributed by atoms with Gasteiger partial charge in [0.2, 0.25) is 35.7 Å². The molecule has 0 aromatic carbocycles. The molecule has 0 aliphatic carbocycles. The number of aromatic nitrogens is 9. The van der Waals surface area contributed by atoms with Gasteiger partial charge in [0.05, 0.1) is 0 Å². The Labute approximate surface area is 799 Å². The largest absolute Gasteiger partial charge is 0.460 e. The van der Waals surface area contributed by atoms with Gasteiger partial charge in [-0.15, -0.1) is 0 Å². The predicted molar refractivity (Wildman–Crippen MR) is 546 cm³/mol. The fourth-order valence-electron chi connectivity index (χ4n) is 26.7. The van der Waals surface area contributed by atoms with Crippen molar-refractivity contribution in [3.05, 3.63) is 0 Å². The van der Waals surface area contributed by atoms with E-state index in [2.05, 4.69) is 348 Å². The summed E-state index contributed by atoms with van der Waals surface area (Å²) in [6.07, 6.45) is 24.8. The fourth-order valence-corrected chi connectivity index (χ4v) is 26.7. The molecule has 8 fully saturated rings. The molecule has 0 spiro atoms. The van der Waals surface area contributed by atoms with Gasteiger partial charge in [-0.1, -0.05) is 38.5 Å². The molecular formula is C105H195N23O3. The van der Waals surface area contributed by atoms with Crippen LogP contribution in [0.4, 0.5) is 35.7 Å². The van der Waals surface area contributed by atoms with E-state index in [0.717, 1.165) is 116 Å². The summed E-state index contributed by atoms with van der Waals surface area (Å²) < 4.78 is 22.1. The molecule has 26 heteroatoms. The molecule has 8 saturated heterocycles. The summed E-state index contributed by atoms with van der Waals surface area (Å²) in [4.78, 5) is 78.0. The fraction of sp³-hybridized carbons (Fsp3) is 0.914. The molecule has 11 rings (SSSR count). The van der Waals surface area contributed by atoms with Gasteiger partial charge in [-0.3, -0.25) is 39.2 Å². The SMILES string of the molecule is CN1C(C)(C)CC(CCCCNc2nc(OC3CC(C)(C)N(C)C(C)(C)C3)nc(N(CCN(c3nc(NCCCCC4CC(C)(C)N(C)C(C)(C)C4)nc(OC4CC(C)(C)N(C)C(C)(C)C4)n3)C3CC(C)(C)N(C)C(C)(C)C3)CCN(c3nc(NCCCCC4CC(C)(C)N(C)C(C)(C)C4)nc(OC4CC(C)(C)N(C)C(C)(C)C4)n3)C3CC(C)(C)N(C)C(C)(C)C3)n2)CC1(C)C. The monoisotopic (exact) mass is 1830 g/mol. The van der Waals surface area contributed by atoms with E-state index < -0.39 is 0 Å². The average Bonchev–Trinajstić information content (AvgIpc) is 0.760. The van der Waals surface area contributed by atoms with Gasteiger partial charge in [0, 0.05) is 185 Å². The van der Waals surface area contributed by atoms with Crippen molar-refractivity contribution in [2.24, 2.45) is 17.8 Å². The van der Waals surface area contributed by atoms with Gasteiger partial charge in [-0.25, -0.2) is 0 Å². The van der Waals surface area contributed by atoms with E-state index >= 15 is 0 Å². The number of nitrogens with zero attached hydrogens (tertiary/aromatic N) is 20. The maximum Gasteiger partial charge on any atom is 0.323 e. The number of ether oxygens (including phenoxy) is 3. The maximum absolute atomic E-state index is 7.40. The summed E-state index contributed by atoms with van der Waals surface area (Å²) in [7, 11) is 18.3. The lowest BCUT2D eigenvalue weighted by Gasteiger charge is -2.55. The first-order chi connectivity index (χ1) is 60.0. The molecule has 748 valence electrons. The van der Waals surface area contributed by atoms with E-state index in [1.807, 2.05) is 0 Å². The number of nitrogens with one attached hydrogen (secondary N) is 3. The van der Waals surface area contributed by atoms with Crippen LogP contribution in [-0.2, 0) is 0 Å². The molecule has 3 aromatic rings. The molecule has 0 radical (unpaired) electrons. The normalized spacial score (nSPS) is 26.2. The van der Waals surface area contributed by atoms with Gasteiger partial charge in [-0.05, 0) is 379 Å². The van der Waals surface area contributed by atoms with Gasteiger partial charge >= 0.3 is 18.0 Å². The van der Waals surface area contributed by atoms with E-state index in [4.69, 9.17) is 59.1 Å². The van der Waals surface area contributed by atoms with Crippen molar-refractivity contribution in [1.29, 1.82) is 0 Å². The van der Waals surface area contributed by atoms with Crippen LogP contribution in [0.1, 0.15) is 382 Å². The van der Waals surface area contributed by atoms with Crippen LogP contribution in [0.5, 0.6) is 18.0 Å². The van der Waals surface area contributed by atoms with Crippen molar-refractivity contribution in [3.63, 3.8) is 0 Å². The van der Waals surface area contributed by atoms with E-state index in [1.54, 1.807) is 0 Å². The van der Waals surface area contributed by atoms with Crippen molar-refractivity contribution < 1.29 is 14.2 Å². The van der Waals surface area contributed by atoms with Crippen molar-refractivity contribution in [3.8, 4) is 18.0 Å². The average molecular weight is 1830 g/mol. The Morgan fingerprint density at radius 1 is 0.237 bits per heavy atom. The van der Waals surface area contributed by atoms with Crippen LogP contribution in [0.25, 0.3) is 0 Å². The first kappa shape index (κ1) is 106. The Balaban J connectivity index is 1.04. The lowest BCUT2D eigenvalue weighted by molar-refractivity contribution is -0.0583. The van der Waals surface area contributed by atoms with Gasteiger partial charge in [0.25, 0.3) is 0 Å². The minimum absolute atomic E-state index is 0.0216. The maximum atomic E-state index is 7.40. The molecule has 8 aliphatic heterocycles. The molecule has 8 aliphatic rings. The third-order valence-corrected chi connectivity index (χ3v) is 36.1. The van der Waals surface area contributed by atoms with Crippen LogP contribution in [0.3, 0.4) is 0 Å². The second-order valence-electron chi connectivity index (χ2n) is 53.2. The highest BCUT2D eigenvalue weighted by atomic mass is 16.5. The van der Waals surface area contributed by atoms with Crippen LogP contribution in [0.2, 0.25) is 0 Å². The standard InChI is InChI=1S/C105H195N23O3/c1-90(2)57-73(58-91(3,4)118(90)33)47-41-44-50-106-81-109-84(115-87(112-81)129-78-67-100(21,22)123(38)101(23,24)68-78)126(53-55-127(76-63-96(13,14)121(36)97(15,16)64-76)85-110-82(107-51-45-42-48-74-59-92(5,6)119(34)93(7,8)60-74)113-88(116-85)130-79-69-102(25,26)124(39)103(27,28)70-79)54-56-128(77-65-98(17,18)122(37)99(19,20)66-77)86-111-83(108-52-46-43-49-75-61-94(9,10)120(35)95(11,12)62-75)114-89(117-86)131-80-71-104(29,30)125(40)105(31,32)72-80/h73-80H,41-72H2,1-40H3,(H,106,109,112,115)(H,107,110,113,116)(H,108,111,114,117). The van der Waals surface area contributed by atoms with Crippen molar-refractivity contribution >= 4 is 35.7 Å². The number of anilines is 6. The molecule has 3 aromatic heterocycles. The number of rotatable bonds is 35. The zero-order valence-electron chi connectivity index (χ0n) is 91.4. The first-order valence-electron chi connectivity index (χ1n) is 51.7. The van der Waals surface area contributed by atoms with Gasteiger partial charge in [0.1, 0.15) is 18.3 Å². The quantitative estimate of drug-likeness (QED) is 0.0467. The number of likely N-dealkylation sites (tertiary alicyclic amines) is 8. The smallest absolute Gasteiger partial charge is 0.323 e. The van der Waals surface area contributed by atoms with Crippen LogP contribution in [0.15, 0.2) is 0 Å². The Morgan fingerprint density at radius 3 is 0.649 bits per heavy atom. The van der Waals surface area contributed by atoms with Crippen LogP contribution < -0.4 is 44.9 Å². The van der Waals surface area contributed by atoms with E-state index in [9.17, 15) is 0 Å². The number of piperidine rings is 8. The lowest BCUT2D eigenvalue weighted by atomic mass is 9.72. The van der Waals surface area contributed by atoms with Gasteiger partial charge in [0.15, 0.2) is 0 Å². The summed E-state index contributed by atoms with van der Waals surface area (Å²) in [6.45, 7) is 80.5. The van der Waals surface area contributed by atoms with Gasteiger partial charge in [-0.2, -0.15) is 44.9 Å². The highest BCUT2D eigenvalue weighted by Crippen LogP contribution is 2.50. The minimum atomic E-state index is -0.211. The van der Waals surface area contributed by atoms with Crippen LogP contribution in [0, 0.1) is 17.8 Å². The Bertz CT molecular complexity index is 3920. The number of hydrogen-bond donors (Lipinski definition) is 3. The Morgan fingerprint density at radius 2 is 0.427 bits per heavy atom. The lowest BCUT2D eigenvalue weighted by Crippen LogP contribution is -2.63. The summed E-state index contributed by atoms with van der Waals surface area (Å²) in [5.74, 6) is 5.28. The number of hydrogen-bond acceptors (Lipinski definition) is 26. The van der Waals surface area contributed by atoms with Gasteiger partial charge < -0.3 is 44.9 Å². The number of unbranched alkanes of at least 4 members (excludes halogenated alkanes) is 3. The predicted octanol–water partition coefficient (Wildman–Crippen LogP) is 19.9. The molecule has 0 atom stereocenters. The highest BCUT2D eigenvalue weighted by molar-refractivity contribution is 5.46. The molecule has 26 nitrogen and oxygen atoms in total. The summed E-state index contributed by atoms with van der Waals surface area (Å²) in [5.41, 5.74) is -0.940. The Hall–Kier alpha value is -5.09. The zero-order chi connectivity index (χ0) is 97.4. The summed E-state index contributed by atoms with van der Waals surface area (Å²) in [5, 5.41) is 11.5. The van der Waals surface area contributed by atoms with Crippen LogP contribution in [-0.4, -0.2) is 305 Å². The molecule has 131 heavy (non-hydrogen) atoms. The second kappa shape index (κ2) is 38.9. The molecule has 0 unspecified atom stereocenters. The molecule has 0 saturated carbocycles. The minimum Gasteiger partial charge on any atom is -0.460 e. The third kappa shape index (κ3) is 25.3. The van der Waals surface area contributed by atoms with Crippen molar-refractivity contribution in [2.45, 2.75) is 501 Å². The highest BCUT2D eigenvalue weighted by Gasteiger charge is 2.53. The molecule has 11 heterocycles. The Kier molecular flexibility index (Phi) is 31.6. The first-order valence-corrected chi connectivity index (χ1v) is 51.7. The van der Waals surface area contributed by atoms with Crippen molar-refractivity contribution in [2.75, 3.05) is 133 Å². The molecule has 0 amide bonds. The molecule has 3 N–H and O–H groups in total. The zero-order valence-corrected chi connectivity index (χ0v) is 91.4. The summed E-state index contributed by atoms with van der Waals surface area (Å²) >= 11 is 0. The third-order valence-electron chi connectivity index (χ3n) is 36.1. The summed E-state index contributed by atoms with van der Waals surface area (Å²) in [6, 6.07) is 0.998. The molecule has 0 bridgehead atoms. The molecular weight excluding hydrogens is 1630 g/mol. The topological polar surface area (TPSA) is 215 Å². The van der Waals surface area contributed by atoms with E-state index in [0.29, 0.717) is 104 Å². The van der Waals surface area contributed by atoms with E-state index in [1.165, 1.54) is 57.8 Å². The van der Waals surface area contributed by atoms with Crippen molar-refractivity contribution in [1.82, 2.24) is 84.1 Å². The van der Waals surface area contributed by atoms with Crippen LogP contribution >= 0.6 is 0 Å². The second-order valence-corrected chi connectivity index (χ2v) is 53.2. The van der Waals surface area contributed by atoms with E-state index in [-0.39, 0.29) is 119 Å².